The van der Waals surface area contributed by atoms with Crippen molar-refractivity contribution in [3.8, 4) is 5.75 Å². The van der Waals surface area contributed by atoms with Gasteiger partial charge in [0.25, 0.3) is 0 Å². The minimum absolute atomic E-state index is 0.124. The zero-order valence-electron chi connectivity index (χ0n) is 12.8. The molecule has 3 aromatic carbocycles. The van der Waals surface area contributed by atoms with Crippen LogP contribution in [0, 0.1) is 34.9 Å². The Labute approximate surface area is 143 Å². The molecule has 0 radical (unpaired) electrons. The minimum Gasteiger partial charge on any atom is -0.508 e. The lowest BCUT2D eigenvalue weighted by Gasteiger charge is -2.25. The van der Waals surface area contributed by atoms with Crippen LogP contribution in [0.2, 0.25) is 0 Å². The van der Waals surface area contributed by atoms with Crippen LogP contribution >= 0.6 is 0 Å². The molecule has 0 atom stereocenters. The van der Waals surface area contributed by atoms with Crippen LogP contribution in [0.25, 0.3) is 0 Å². The van der Waals surface area contributed by atoms with Crippen LogP contribution in [0.15, 0.2) is 48.5 Å². The summed E-state index contributed by atoms with van der Waals surface area (Å²) < 4.78 is 81.0. The molecule has 2 nitrogen and oxygen atoms in total. The molecule has 0 fully saturated rings. The van der Waals surface area contributed by atoms with E-state index in [1.165, 1.54) is 24.3 Å². The molecule has 0 bridgehead atoms. The van der Waals surface area contributed by atoms with Gasteiger partial charge in [-0.1, -0.05) is 0 Å². The zero-order chi connectivity index (χ0) is 19.0. The van der Waals surface area contributed by atoms with Crippen LogP contribution < -0.4 is 4.90 Å². The summed E-state index contributed by atoms with van der Waals surface area (Å²) in [6.45, 7) is 0. The molecule has 3 aromatic rings. The molecule has 0 aliphatic carbocycles. The Hall–Kier alpha value is -3.16. The molecule has 0 spiro atoms. The predicted molar refractivity (Wildman–Crippen MR) is 82.5 cm³/mol. The number of phenolic OH excluding ortho intramolecular Hbond substituents is 1. The van der Waals surface area contributed by atoms with Gasteiger partial charge in [0, 0.05) is 30.0 Å². The Morgan fingerprint density at radius 3 is 1.23 bits per heavy atom. The van der Waals surface area contributed by atoms with Crippen LogP contribution in [0.1, 0.15) is 0 Å². The highest BCUT2D eigenvalue weighted by Gasteiger charge is 2.21. The standard InChI is InChI=1S/C18H9F6NO/c19-13-5-10(6-14(20)17(13)23)25(9-1-3-12(26)4-2-9)11-7-15(21)18(24)16(22)8-11/h1-8,26H. The summed E-state index contributed by atoms with van der Waals surface area (Å²) in [5.41, 5.74) is -0.492. The highest BCUT2D eigenvalue weighted by molar-refractivity contribution is 5.76. The summed E-state index contributed by atoms with van der Waals surface area (Å²) >= 11 is 0. The van der Waals surface area contributed by atoms with Crippen LogP contribution in [0.3, 0.4) is 0 Å². The van der Waals surface area contributed by atoms with Gasteiger partial charge >= 0.3 is 0 Å². The molecule has 0 saturated carbocycles. The van der Waals surface area contributed by atoms with Crippen molar-refractivity contribution in [2.75, 3.05) is 4.90 Å². The lowest BCUT2D eigenvalue weighted by molar-refractivity contribution is 0.446. The summed E-state index contributed by atoms with van der Waals surface area (Å²) in [6.07, 6.45) is 0. The molecule has 134 valence electrons. The molecular weight excluding hydrogens is 360 g/mol. The first-order valence-corrected chi connectivity index (χ1v) is 7.16. The van der Waals surface area contributed by atoms with E-state index in [0.29, 0.717) is 24.3 Å². The first-order chi connectivity index (χ1) is 12.3. The van der Waals surface area contributed by atoms with Crippen molar-refractivity contribution >= 4 is 17.1 Å². The van der Waals surface area contributed by atoms with E-state index in [0.717, 1.165) is 4.90 Å². The molecule has 0 heterocycles. The number of benzene rings is 3. The SMILES string of the molecule is Oc1ccc(N(c2cc(F)c(F)c(F)c2)c2cc(F)c(F)c(F)c2)cc1. The normalized spacial score (nSPS) is 10.8. The third-order valence-corrected chi connectivity index (χ3v) is 3.56. The van der Waals surface area contributed by atoms with Gasteiger partial charge in [-0.25, -0.2) is 26.3 Å². The molecule has 0 unspecified atom stereocenters. The maximum absolute atomic E-state index is 13.6. The average molecular weight is 369 g/mol. The van der Waals surface area contributed by atoms with Crippen molar-refractivity contribution < 1.29 is 31.4 Å². The van der Waals surface area contributed by atoms with Gasteiger partial charge in [0.05, 0.1) is 11.4 Å². The van der Waals surface area contributed by atoms with Crippen molar-refractivity contribution in [2.24, 2.45) is 0 Å². The molecule has 8 heteroatoms. The Kier molecular flexibility index (Phi) is 4.50. The maximum atomic E-state index is 13.6. The molecule has 0 aliphatic heterocycles. The smallest absolute Gasteiger partial charge is 0.194 e. The molecule has 0 saturated heterocycles. The monoisotopic (exact) mass is 369 g/mol. The van der Waals surface area contributed by atoms with Crippen molar-refractivity contribution in [3.63, 3.8) is 0 Å². The van der Waals surface area contributed by atoms with Gasteiger partial charge in [0.1, 0.15) is 5.75 Å². The zero-order valence-corrected chi connectivity index (χ0v) is 12.8. The minimum atomic E-state index is -1.71. The van der Waals surface area contributed by atoms with Crippen molar-refractivity contribution in [1.82, 2.24) is 0 Å². The summed E-state index contributed by atoms with van der Waals surface area (Å²) in [7, 11) is 0. The molecule has 0 aromatic heterocycles. The maximum Gasteiger partial charge on any atom is 0.194 e. The van der Waals surface area contributed by atoms with E-state index in [9.17, 15) is 31.4 Å². The number of nitrogens with zero attached hydrogens (tertiary/aromatic N) is 1. The summed E-state index contributed by atoms with van der Waals surface area (Å²) in [5, 5.41) is 9.37. The Bertz CT molecular complexity index is 870. The van der Waals surface area contributed by atoms with Crippen molar-refractivity contribution in [3.05, 3.63) is 83.4 Å². The Morgan fingerprint density at radius 1 is 0.538 bits per heavy atom. The molecule has 0 amide bonds. The summed E-state index contributed by atoms with van der Waals surface area (Å²) in [6, 6.07) is 7.47. The average Bonchev–Trinajstić information content (AvgIpc) is 2.59. The van der Waals surface area contributed by atoms with E-state index >= 15 is 0 Å². The first kappa shape index (κ1) is 17.7. The fourth-order valence-electron chi connectivity index (χ4n) is 2.39. The molecule has 3 rings (SSSR count). The topological polar surface area (TPSA) is 23.5 Å². The lowest BCUT2D eigenvalue weighted by Crippen LogP contribution is -2.12. The van der Waals surface area contributed by atoms with Gasteiger partial charge in [-0.05, 0) is 24.3 Å². The number of phenols is 1. The van der Waals surface area contributed by atoms with Crippen LogP contribution in [0.5, 0.6) is 5.75 Å². The number of hydrogen-bond acceptors (Lipinski definition) is 2. The quantitative estimate of drug-likeness (QED) is 0.473. The first-order valence-electron chi connectivity index (χ1n) is 7.16. The third kappa shape index (κ3) is 3.17. The second kappa shape index (κ2) is 6.62. The van der Waals surface area contributed by atoms with E-state index < -0.39 is 34.9 Å². The second-order valence-corrected chi connectivity index (χ2v) is 5.30. The summed E-state index contributed by atoms with van der Waals surface area (Å²) in [5.74, 6) is -9.65. The number of anilines is 3. The number of aromatic hydroxyl groups is 1. The van der Waals surface area contributed by atoms with Gasteiger partial charge < -0.3 is 10.0 Å². The van der Waals surface area contributed by atoms with E-state index in [-0.39, 0.29) is 22.8 Å². The molecule has 0 aliphatic rings. The molecular formula is C18H9F6NO. The fourth-order valence-corrected chi connectivity index (χ4v) is 2.39. The van der Waals surface area contributed by atoms with E-state index in [2.05, 4.69) is 0 Å². The van der Waals surface area contributed by atoms with E-state index in [1.807, 2.05) is 0 Å². The predicted octanol–water partition coefficient (Wildman–Crippen LogP) is 5.70. The molecule has 1 N–H and O–H groups in total. The lowest BCUT2D eigenvalue weighted by atomic mass is 10.1. The summed E-state index contributed by atoms with van der Waals surface area (Å²) in [4.78, 5) is 0.969. The highest BCUT2D eigenvalue weighted by Crippen LogP contribution is 2.37. The fraction of sp³-hybridized carbons (Fsp3) is 0. The van der Waals surface area contributed by atoms with Gasteiger partial charge in [-0.3, -0.25) is 0 Å². The molecule has 26 heavy (non-hydrogen) atoms. The van der Waals surface area contributed by atoms with Crippen molar-refractivity contribution in [1.29, 1.82) is 0 Å². The van der Waals surface area contributed by atoms with E-state index in [4.69, 9.17) is 0 Å². The van der Waals surface area contributed by atoms with Gasteiger partial charge in [0.2, 0.25) is 0 Å². The van der Waals surface area contributed by atoms with Gasteiger partial charge in [-0.15, -0.1) is 0 Å². The van der Waals surface area contributed by atoms with Crippen molar-refractivity contribution in [2.45, 2.75) is 0 Å². The Balaban J connectivity index is 2.25. The van der Waals surface area contributed by atoms with Crippen LogP contribution in [-0.2, 0) is 0 Å². The largest absolute Gasteiger partial charge is 0.508 e. The number of hydrogen-bond donors (Lipinski definition) is 1. The third-order valence-electron chi connectivity index (χ3n) is 3.56. The highest BCUT2D eigenvalue weighted by atomic mass is 19.2. The van der Waals surface area contributed by atoms with Crippen LogP contribution in [0.4, 0.5) is 43.4 Å². The Morgan fingerprint density at radius 2 is 0.885 bits per heavy atom. The van der Waals surface area contributed by atoms with Gasteiger partial charge in [-0.2, -0.15) is 0 Å². The number of rotatable bonds is 3. The van der Waals surface area contributed by atoms with Gasteiger partial charge in [0.15, 0.2) is 34.9 Å². The number of halogens is 6. The van der Waals surface area contributed by atoms with Crippen LogP contribution in [-0.4, -0.2) is 5.11 Å². The second-order valence-electron chi connectivity index (χ2n) is 5.30. The van der Waals surface area contributed by atoms with E-state index in [1.54, 1.807) is 0 Å².